The summed E-state index contributed by atoms with van der Waals surface area (Å²) in [6.07, 6.45) is -1.28. The molecule has 0 heterocycles. The van der Waals surface area contributed by atoms with Crippen LogP contribution in [0.3, 0.4) is 0 Å². The van der Waals surface area contributed by atoms with Crippen LogP contribution in [0.5, 0.6) is 0 Å². The van der Waals surface area contributed by atoms with Crippen molar-refractivity contribution < 1.29 is 28.9 Å². The second-order valence-electron chi connectivity index (χ2n) is 3.88. The third kappa shape index (κ3) is 7.69. The van der Waals surface area contributed by atoms with Gasteiger partial charge in [0, 0.05) is 40.3 Å². The van der Waals surface area contributed by atoms with Gasteiger partial charge in [-0.1, -0.05) is 0 Å². The zero-order chi connectivity index (χ0) is 14.0. The van der Waals surface area contributed by atoms with Gasteiger partial charge in [-0.3, -0.25) is 0 Å². The van der Waals surface area contributed by atoms with Crippen LogP contribution in [0.4, 0.5) is 9.59 Å². The molecule has 0 aliphatic heterocycles. The van der Waals surface area contributed by atoms with Crippen molar-refractivity contribution in [2.75, 3.05) is 27.4 Å². The van der Waals surface area contributed by atoms with E-state index in [0.29, 0.717) is 26.1 Å². The standard InChI is InChI=1S/C10H20N2O6/c1-10(4-6-16-2,5-7-17-3)18-9(15)12-11-8(13)14/h11H,4-7H2,1-3H3,(H,12,15)(H,13,14). The lowest BCUT2D eigenvalue weighted by molar-refractivity contribution is -0.0193. The molecule has 0 aliphatic rings. The van der Waals surface area contributed by atoms with E-state index >= 15 is 0 Å². The number of hydrazine groups is 1. The Balaban J connectivity index is 4.28. The lowest BCUT2D eigenvalue weighted by atomic mass is 9.99. The largest absolute Gasteiger partial charge is 0.464 e. The third-order valence-corrected chi connectivity index (χ3v) is 2.28. The second kappa shape index (κ2) is 8.54. The first kappa shape index (κ1) is 16.5. The molecule has 0 rings (SSSR count). The number of ether oxygens (including phenoxy) is 3. The highest BCUT2D eigenvalue weighted by molar-refractivity contribution is 5.72. The molecule has 0 atom stereocenters. The molecule has 3 N–H and O–H groups in total. The fourth-order valence-corrected chi connectivity index (χ4v) is 1.22. The highest BCUT2D eigenvalue weighted by atomic mass is 16.6. The minimum absolute atomic E-state index is 0.417. The van der Waals surface area contributed by atoms with Gasteiger partial charge in [-0.05, 0) is 6.92 Å². The van der Waals surface area contributed by atoms with Crippen molar-refractivity contribution in [3.8, 4) is 0 Å². The van der Waals surface area contributed by atoms with Gasteiger partial charge in [0.05, 0.1) is 0 Å². The van der Waals surface area contributed by atoms with E-state index in [9.17, 15) is 9.59 Å². The third-order valence-electron chi connectivity index (χ3n) is 2.28. The molecule has 106 valence electrons. The molecule has 0 saturated heterocycles. The first-order valence-corrected chi connectivity index (χ1v) is 5.39. The summed E-state index contributed by atoms with van der Waals surface area (Å²) in [4.78, 5) is 21.5. The number of amides is 2. The monoisotopic (exact) mass is 264 g/mol. The Morgan fingerprint density at radius 3 is 2.00 bits per heavy atom. The molecular weight excluding hydrogens is 244 g/mol. The van der Waals surface area contributed by atoms with Crippen LogP contribution in [0.25, 0.3) is 0 Å². The Morgan fingerprint density at radius 1 is 1.11 bits per heavy atom. The first-order chi connectivity index (χ1) is 8.43. The van der Waals surface area contributed by atoms with Crippen molar-refractivity contribution in [1.29, 1.82) is 0 Å². The zero-order valence-corrected chi connectivity index (χ0v) is 10.8. The van der Waals surface area contributed by atoms with Gasteiger partial charge in [-0.25, -0.2) is 20.4 Å². The first-order valence-electron chi connectivity index (χ1n) is 5.39. The predicted molar refractivity (Wildman–Crippen MR) is 62.2 cm³/mol. The summed E-state index contributed by atoms with van der Waals surface area (Å²) < 4.78 is 15.0. The van der Waals surface area contributed by atoms with E-state index in [1.807, 2.05) is 5.43 Å². The van der Waals surface area contributed by atoms with Gasteiger partial charge in [0.2, 0.25) is 0 Å². The van der Waals surface area contributed by atoms with Crippen molar-refractivity contribution in [2.24, 2.45) is 0 Å². The van der Waals surface area contributed by atoms with Gasteiger partial charge in [-0.15, -0.1) is 0 Å². The molecule has 0 aromatic rings. The van der Waals surface area contributed by atoms with Gasteiger partial charge in [0.25, 0.3) is 0 Å². The van der Waals surface area contributed by atoms with E-state index in [0.717, 1.165) is 0 Å². The summed E-state index contributed by atoms with van der Waals surface area (Å²) in [5.41, 5.74) is 2.83. The summed E-state index contributed by atoms with van der Waals surface area (Å²) in [5, 5.41) is 8.32. The summed E-state index contributed by atoms with van der Waals surface area (Å²) in [6, 6.07) is 0. The van der Waals surface area contributed by atoms with Gasteiger partial charge in [-0.2, -0.15) is 0 Å². The molecule has 8 heteroatoms. The fourth-order valence-electron chi connectivity index (χ4n) is 1.22. The van der Waals surface area contributed by atoms with Crippen molar-refractivity contribution in [1.82, 2.24) is 10.9 Å². The Bertz CT molecular complexity index is 263. The number of methoxy groups -OCH3 is 2. The van der Waals surface area contributed by atoms with Crippen LogP contribution in [-0.2, 0) is 14.2 Å². The quantitative estimate of drug-likeness (QED) is 0.585. The SMILES string of the molecule is COCCC(C)(CCOC)OC(=O)NNC(=O)O. The minimum Gasteiger partial charge on any atom is -0.464 e. The Hall–Kier alpha value is -1.54. The molecule has 0 spiro atoms. The van der Waals surface area contributed by atoms with E-state index in [-0.39, 0.29) is 0 Å². The minimum atomic E-state index is -1.37. The summed E-state index contributed by atoms with van der Waals surface area (Å²) in [7, 11) is 3.09. The van der Waals surface area contributed by atoms with E-state index in [2.05, 4.69) is 0 Å². The van der Waals surface area contributed by atoms with Crippen LogP contribution in [0, 0.1) is 0 Å². The molecular formula is C10H20N2O6. The molecule has 2 amide bonds. The fraction of sp³-hybridized carbons (Fsp3) is 0.800. The van der Waals surface area contributed by atoms with Gasteiger partial charge >= 0.3 is 12.2 Å². The van der Waals surface area contributed by atoms with Crippen LogP contribution in [0.15, 0.2) is 0 Å². The van der Waals surface area contributed by atoms with Crippen LogP contribution in [-0.4, -0.2) is 50.3 Å². The van der Waals surface area contributed by atoms with Crippen LogP contribution in [0.2, 0.25) is 0 Å². The number of carboxylic acid groups (broad SMARTS) is 1. The topological polar surface area (TPSA) is 106 Å². The molecule has 0 aliphatic carbocycles. The maximum atomic E-state index is 11.3. The number of hydrogen-bond donors (Lipinski definition) is 3. The normalized spacial score (nSPS) is 10.8. The van der Waals surface area contributed by atoms with E-state index in [4.69, 9.17) is 19.3 Å². The van der Waals surface area contributed by atoms with Gasteiger partial charge in [0.15, 0.2) is 0 Å². The van der Waals surface area contributed by atoms with E-state index in [1.165, 1.54) is 0 Å². The summed E-state index contributed by atoms with van der Waals surface area (Å²) in [6.45, 7) is 2.56. The highest BCUT2D eigenvalue weighted by Crippen LogP contribution is 2.20. The number of nitrogens with one attached hydrogen (secondary N) is 2. The molecule has 0 fully saturated rings. The molecule has 0 unspecified atom stereocenters. The summed E-state index contributed by atoms with van der Waals surface area (Å²) in [5.74, 6) is 0. The Kier molecular flexibility index (Phi) is 7.81. The van der Waals surface area contributed by atoms with Crippen molar-refractivity contribution >= 4 is 12.2 Å². The molecule has 18 heavy (non-hydrogen) atoms. The van der Waals surface area contributed by atoms with E-state index in [1.54, 1.807) is 26.6 Å². The predicted octanol–water partition coefficient (Wildman–Crippen LogP) is 0.727. The molecule has 0 aromatic heterocycles. The average molecular weight is 264 g/mol. The lowest BCUT2D eigenvalue weighted by Gasteiger charge is -2.29. The number of hydrogen-bond acceptors (Lipinski definition) is 5. The van der Waals surface area contributed by atoms with Crippen LogP contribution in [0.1, 0.15) is 19.8 Å². The summed E-state index contributed by atoms with van der Waals surface area (Å²) >= 11 is 0. The maximum Gasteiger partial charge on any atom is 0.426 e. The van der Waals surface area contributed by atoms with Crippen molar-refractivity contribution in [2.45, 2.75) is 25.4 Å². The molecule has 0 bridgehead atoms. The van der Waals surface area contributed by atoms with Crippen LogP contribution >= 0.6 is 0 Å². The molecule has 0 radical (unpaired) electrons. The van der Waals surface area contributed by atoms with Gasteiger partial charge in [0.1, 0.15) is 5.60 Å². The average Bonchev–Trinajstić information content (AvgIpc) is 2.31. The highest BCUT2D eigenvalue weighted by Gasteiger charge is 2.28. The second-order valence-corrected chi connectivity index (χ2v) is 3.88. The number of rotatable bonds is 7. The lowest BCUT2D eigenvalue weighted by Crippen LogP contribution is -2.45. The Morgan fingerprint density at radius 2 is 1.61 bits per heavy atom. The number of carbonyl (C=O) groups excluding carboxylic acids is 1. The van der Waals surface area contributed by atoms with Crippen molar-refractivity contribution in [3.05, 3.63) is 0 Å². The zero-order valence-electron chi connectivity index (χ0n) is 10.8. The van der Waals surface area contributed by atoms with E-state index < -0.39 is 17.8 Å². The van der Waals surface area contributed by atoms with Crippen LogP contribution < -0.4 is 10.9 Å². The van der Waals surface area contributed by atoms with Gasteiger partial charge < -0.3 is 19.3 Å². The molecule has 0 aromatic carbocycles. The molecule has 8 nitrogen and oxygen atoms in total. The van der Waals surface area contributed by atoms with Crippen molar-refractivity contribution in [3.63, 3.8) is 0 Å². The number of carbonyl (C=O) groups is 2. The smallest absolute Gasteiger partial charge is 0.426 e. The maximum absolute atomic E-state index is 11.3. The molecule has 0 saturated carbocycles. The Labute approximate surface area is 106 Å².